The molecule has 1 heterocycles. The van der Waals surface area contributed by atoms with Crippen LogP contribution in [0.2, 0.25) is 0 Å². The lowest BCUT2D eigenvalue weighted by Gasteiger charge is -2.35. The van der Waals surface area contributed by atoms with Gasteiger partial charge in [0.1, 0.15) is 12.4 Å². The third-order valence-electron chi connectivity index (χ3n) is 4.26. The molecule has 1 aliphatic heterocycles. The van der Waals surface area contributed by atoms with E-state index in [0.29, 0.717) is 25.4 Å². The quantitative estimate of drug-likeness (QED) is 0.729. The van der Waals surface area contributed by atoms with Gasteiger partial charge in [-0.05, 0) is 36.8 Å². The molecule has 3 rings (SSSR count). The van der Waals surface area contributed by atoms with E-state index in [1.807, 2.05) is 18.2 Å². The summed E-state index contributed by atoms with van der Waals surface area (Å²) < 4.78 is 17.2. The normalized spacial score (nSPS) is 21.9. The van der Waals surface area contributed by atoms with Crippen molar-refractivity contribution in [1.82, 2.24) is 4.90 Å². The minimum atomic E-state index is 0.310. The SMILES string of the molecule is CC1CN(CCOCCOc2ccc3ccccc3c2)CC(C)O1. The van der Waals surface area contributed by atoms with E-state index in [-0.39, 0.29) is 0 Å². The molecule has 1 fully saturated rings. The molecule has 2 aromatic rings. The summed E-state index contributed by atoms with van der Waals surface area (Å²) in [7, 11) is 0. The van der Waals surface area contributed by atoms with Gasteiger partial charge in [0.05, 0.1) is 25.4 Å². The Bertz CT molecular complexity index is 636. The highest BCUT2D eigenvalue weighted by molar-refractivity contribution is 5.83. The van der Waals surface area contributed by atoms with Gasteiger partial charge in [-0.15, -0.1) is 0 Å². The van der Waals surface area contributed by atoms with Crippen molar-refractivity contribution in [2.45, 2.75) is 26.1 Å². The molecule has 0 spiro atoms. The van der Waals surface area contributed by atoms with Crippen LogP contribution in [0.15, 0.2) is 42.5 Å². The van der Waals surface area contributed by atoms with Crippen molar-refractivity contribution in [3.05, 3.63) is 42.5 Å². The number of benzene rings is 2. The highest BCUT2D eigenvalue weighted by Crippen LogP contribution is 2.20. The first-order chi connectivity index (χ1) is 11.7. The molecule has 2 unspecified atom stereocenters. The van der Waals surface area contributed by atoms with Crippen LogP contribution in [0.3, 0.4) is 0 Å². The minimum absolute atomic E-state index is 0.310. The summed E-state index contributed by atoms with van der Waals surface area (Å²) in [5.74, 6) is 0.896. The van der Waals surface area contributed by atoms with Crippen LogP contribution in [0.5, 0.6) is 5.75 Å². The summed E-state index contributed by atoms with van der Waals surface area (Å²) in [6.45, 7) is 9.11. The smallest absolute Gasteiger partial charge is 0.120 e. The second-order valence-corrected chi connectivity index (χ2v) is 6.49. The Morgan fingerprint density at radius 2 is 1.71 bits per heavy atom. The van der Waals surface area contributed by atoms with Gasteiger partial charge < -0.3 is 14.2 Å². The zero-order valence-electron chi connectivity index (χ0n) is 14.6. The number of morpholine rings is 1. The van der Waals surface area contributed by atoms with E-state index in [1.54, 1.807) is 0 Å². The van der Waals surface area contributed by atoms with Crippen molar-refractivity contribution in [1.29, 1.82) is 0 Å². The highest BCUT2D eigenvalue weighted by atomic mass is 16.5. The van der Waals surface area contributed by atoms with Gasteiger partial charge in [-0.2, -0.15) is 0 Å². The minimum Gasteiger partial charge on any atom is -0.491 e. The maximum Gasteiger partial charge on any atom is 0.120 e. The summed E-state index contributed by atoms with van der Waals surface area (Å²) in [5, 5.41) is 2.43. The highest BCUT2D eigenvalue weighted by Gasteiger charge is 2.21. The monoisotopic (exact) mass is 329 g/mol. The summed E-state index contributed by atoms with van der Waals surface area (Å²) in [5.41, 5.74) is 0. The van der Waals surface area contributed by atoms with Gasteiger partial charge in [-0.25, -0.2) is 0 Å². The third-order valence-corrected chi connectivity index (χ3v) is 4.26. The molecule has 0 radical (unpaired) electrons. The number of hydrogen-bond donors (Lipinski definition) is 0. The first-order valence-corrected chi connectivity index (χ1v) is 8.78. The number of nitrogens with zero attached hydrogens (tertiary/aromatic N) is 1. The van der Waals surface area contributed by atoms with E-state index in [0.717, 1.165) is 32.0 Å². The predicted molar refractivity (Wildman–Crippen MR) is 96.7 cm³/mol. The summed E-state index contributed by atoms with van der Waals surface area (Å²) in [4.78, 5) is 2.41. The molecule has 1 aliphatic rings. The molecule has 0 amide bonds. The standard InChI is InChI=1S/C20H27NO3/c1-16-14-21(15-17(2)24-16)9-10-22-11-12-23-20-8-7-18-5-3-4-6-19(18)13-20/h3-8,13,16-17H,9-12,14-15H2,1-2H3. The van der Waals surface area contributed by atoms with Crippen LogP contribution in [0.4, 0.5) is 0 Å². The average Bonchev–Trinajstić information content (AvgIpc) is 2.57. The van der Waals surface area contributed by atoms with Crippen LogP contribution in [0, 0.1) is 0 Å². The van der Waals surface area contributed by atoms with Gasteiger partial charge in [0.2, 0.25) is 0 Å². The molecule has 130 valence electrons. The Balaban J connectivity index is 1.33. The number of rotatable bonds is 7. The van der Waals surface area contributed by atoms with E-state index < -0.39 is 0 Å². The van der Waals surface area contributed by atoms with Crippen molar-refractivity contribution in [2.24, 2.45) is 0 Å². The molecule has 1 saturated heterocycles. The topological polar surface area (TPSA) is 30.9 Å². The maximum atomic E-state index is 5.78. The summed E-state index contributed by atoms with van der Waals surface area (Å²) in [6.07, 6.45) is 0.620. The van der Waals surface area contributed by atoms with E-state index in [9.17, 15) is 0 Å². The summed E-state index contributed by atoms with van der Waals surface area (Å²) in [6, 6.07) is 14.5. The van der Waals surface area contributed by atoms with Crippen molar-refractivity contribution in [3.63, 3.8) is 0 Å². The van der Waals surface area contributed by atoms with Gasteiger partial charge in [0.25, 0.3) is 0 Å². The van der Waals surface area contributed by atoms with Crippen molar-refractivity contribution >= 4 is 10.8 Å². The molecule has 0 N–H and O–H groups in total. The van der Waals surface area contributed by atoms with Crippen LogP contribution >= 0.6 is 0 Å². The largest absolute Gasteiger partial charge is 0.491 e. The van der Waals surface area contributed by atoms with Crippen LogP contribution in [-0.2, 0) is 9.47 Å². The van der Waals surface area contributed by atoms with Crippen molar-refractivity contribution < 1.29 is 14.2 Å². The fraction of sp³-hybridized carbons (Fsp3) is 0.500. The Hall–Kier alpha value is -1.62. The van der Waals surface area contributed by atoms with Gasteiger partial charge in [-0.3, -0.25) is 4.90 Å². The van der Waals surface area contributed by atoms with E-state index in [2.05, 4.69) is 43.0 Å². The number of hydrogen-bond acceptors (Lipinski definition) is 4. The predicted octanol–water partition coefficient (Wildman–Crippen LogP) is 3.34. The molecule has 2 atom stereocenters. The molecule has 4 nitrogen and oxygen atoms in total. The van der Waals surface area contributed by atoms with E-state index >= 15 is 0 Å². The fourth-order valence-corrected chi connectivity index (χ4v) is 3.24. The van der Waals surface area contributed by atoms with Crippen molar-refractivity contribution in [2.75, 3.05) is 39.5 Å². The lowest BCUT2D eigenvalue weighted by Crippen LogP contribution is -2.46. The molecular formula is C20H27NO3. The molecule has 0 aromatic heterocycles. The molecule has 4 heteroatoms. The molecule has 24 heavy (non-hydrogen) atoms. The van der Waals surface area contributed by atoms with E-state index in [4.69, 9.17) is 14.2 Å². The molecule has 0 saturated carbocycles. The lowest BCUT2D eigenvalue weighted by atomic mass is 10.1. The van der Waals surface area contributed by atoms with Crippen LogP contribution in [0.1, 0.15) is 13.8 Å². The second kappa shape index (κ2) is 8.47. The Morgan fingerprint density at radius 3 is 2.50 bits per heavy atom. The van der Waals surface area contributed by atoms with Gasteiger partial charge >= 0.3 is 0 Å². The van der Waals surface area contributed by atoms with Gasteiger partial charge in [0.15, 0.2) is 0 Å². The lowest BCUT2D eigenvalue weighted by molar-refractivity contribution is -0.0734. The zero-order valence-corrected chi connectivity index (χ0v) is 14.6. The Labute approximate surface area is 144 Å². The third kappa shape index (κ3) is 4.94. The van der Waals surface area contributed by atoms with Crippen molar-refractivity contribution in [3.8, 4) is 5.75 Å². The molecule has 2 aromatic carbocycles. The molecule has 0 bridgehead atoms. The van der Waals surface area contributed by atoms with Gasteiger partial charge in [0, 0.05) is 19.6 Å². The Kier molecular flexibility index (Phi) is 6.07. The van der Waals surface area contributed by atoms with Crippen LogP contribution in [0.25, 0.3) is 10.8 Å². The Morgan fingerprint density at radius 1 is 0.958 bits per heavy atom. The second-order valence-electron chi connectivity index (χ2n) is 6.49. The zero-order chi connectivity index (χ0) is 16.8. The average molecular weight is 329 g/mol. The molecular weight excluding hydrogens is 302 g/mol. The van der Waals surface area contributed by atoms with Crippen LogP contribution < -0.4 is 4.74 Å². The number of ether oxygens (including phenoxy) is 3. The van der Waals surface area contributed by atoms with E-state index in [1.165, 1.54) is 10.8 Å². The maximum absolute atomic E-state index is 5.78. The summed E-state index contributed by atoms with van der Waals surface area (Å²) >= 11 is 0. The number of fused-ring (bicyclic) bond motifs is 1. The van der Waals surface area contributed by atoms with Gasteiger partial charge in [-0.1, -0.05) is 30.3 Å². The fourth-order valence-electron chi connectivity index (χ4n) is 3.24. The van der Waals surface area contributed by atoms with Crippen LogP contribution in [-0.4, -0.2) is 56.6 Å². The first kappa shape index (κ1) is 17.2. The first-order valence-electron chi connectivity index (χ1n) is 8.78. The molecule has 0 aliphatic carbocycles.